The molecule has 1 aromatic heterocycles. The van der Waals surface area contributed by atoms with Crippen LogP contribution in [0.5, 0.6) is 0 Å². The zero-order chi connectivity index (χ0) is 22.7. The van der Waals surface area contributed by atoms with Gasteiger partial charge >= 0.3 is 0 Å². The third-order valence-corrected chi connectivity index (χ3v) is 6.89. The van der Waals surface area contributed by atoms with Crippen LogP contribution in [-0.4, -0.2) is 25.2 Å². The zero-order valence-corrected chi connectivity index (χ0v) is 18.6. The molecule has 0 spiro atoms. The SMILES string of the molecule is O=C(NNC(=O)c1ccc2ncsc2c1)c1cccc(S(=O)(=O)Nc2ccccc2Cl)c1. The van der Waals surface area contributed by atoms with Crippen LogP contribution in [0.4, 0.5) is 5.69 Å². The van der Waals surface area contributed by atoms with Gasteiger partial charge in [0.05, 0.1) is 31.3 Å². The van der Waals surface area contributed by atoms with Gasteiger partial charge in [0.1, 0.15) is 0 Å². The molecule has 4 rings (SSSR count). The summed E-state index contributed by atoms with van der Waals surface area (Å²) in [6, 6.07) is 16.8. The highest BCUT2D eigenvalue weighted by atomic mass is 35.5. The van der Waals surface area contributed by atoms with Crippen molar-refractivity contribution in [1.82, 2.24) is 15.8 Å². The molecule has 8 nitrogen and oxygen atoms in total. The molecule has 0 bridgehead atoms. The Kier molecular flexibility index (Phi) is 6.08. The number of benzene rings is 3. The van der Waals surface area contributed by atoms with Crippen molar-refractivity contribution in [3.05, 3.63) is 88.4 Å². The fraction of sp³-hybridized carbons (Fsp3) is 0. The molecular weight excluding hydrogens is 472 g/mol. The Morgan fingerprint density at radius 2 is 1.59 bits per heavy atom. The Bertz CT molecular complexity index is 1440. The van der Waals surface area contributed by atoms with Crippen molar-refractivity contribution in [3.8, 4) is 0 Å². The molecule has 0 unspecified atom stereocenters. The van der Waals surface area contributed by atoms with E-state index in [-0.39, 0.29) is 21.2 Å². The summed E-state index contributed by atoms with van der Waals surface area (Å²) in [4.78, 5) is 28.8. The lowest BCUT2D eigenvalue weighted by Crippen LogP contribution is -2.41. The molecule has 0 radical (unpaired) electrons. The van der Waals surface area contributed by atoms with Crippen LogP contribution >= 0.6 is 22.9 Å². The predicted octanol–water partition coefficient (Wildman–Crippen LogP) is 3.83. The third kappa shape index (κ3) is 4.72. The fourth-order valence-electron chi connectivity index (χ4n) is 2.81. The lowest BCUT2D eigenvalue weighted by Gasteiger charge is -2.11. The molecule has 3 aromatic carbocycles. The van der Waals surface area contributed by atoms with Crippen molar-refractivity contribution in [2.24, 2.45) is 0 Å². The number of amides is 2. The summed E-state index contributed by atoms with van der Waals surface area (Å²) in [5, 5.41) is 0.240. The number of hydrogen-bond acceptors (Lipinski definition) is 6. The number of para-hydroxylation sites is 1. The van der Waals surface area contributed by atoms with Gasteiger partial charge in [-0.15, -0.1) is 11.3 Å². The second kappa shape index (κ2) is 8.95. The predicted molar refractivity (Wildman–Crippen MR) is 123 cm³/mol. The first-order valence-electron chi connectivity index (χ1n) is 9.15. The Morgan fingerprint density at radius 1 is 0.875 bits per heavy atom. The van der Waals surface area contributed by atoms with Crippen molar-refractivity contribution in [2.45, 2.75) is 4.90 Å². The van der Waals surface area contributed by atoms with Gasteiger partial charge in [-0.2, -0.15) is 0 Å². The topological polar surface area (TPSA) is 117 Å². The van der Waals surface area contributed by atoms with Crippen molar-refractivity contribution < 1.29 is 18.0 Å². The second-order valence-corrected chi connectivity index (χ2v) is 9.53. The van der Waals surface area contributed by atoms with Crippen molar-refractivity contribution in [1.29, 1.82) is 0 Å². The molecule has 2 amide bonds. The molecule has 3 N–H and O–H groups in total. The van der Waals surface area contributed by atoms with Gasteiger partial charge < -0.3 is 0 Å². The van der Waals surface area contributed by atoms with Gasteiger partial charge in [0.2, 0.25) is 0 Å². The molecule has 0 saturated carbocycles. The summed E-state index contributed by atoms with van der Waals surface area (Å²) in [5.74, 6) is -1.19. The molecule has 0 saturated heterocycles. The molecule has 4 aromatic rings. The van der Waals surface area contributed by atoms with Gasteiger partial charge in [0.25, 0.3) is 21.8 Å². The normalized spacial score (nSPS) is 11.2. The van der Waals surface area contributed by atoms with Crippen LogP contribution in [0.3, 0.4) is 0 Å². The number of carbonyl (C=O) groups is 2. The summed E-state index contributed by atoms with van der Waals surface area (Å²) in [6.07, 6.45) is 0. The number of hydrogen-bond donors (Lipinski definition) is 3. The lowest BCUT2D eigenvalue weighted by molar-refractivity contribution is 0.0846. The van der Waals surface area contributed by atoms with Crippen LogP contribution in [0.1, 0.15) is 20.7 Å². The van der Waals surface area contributed by atoms with E-state index in [9.17, 15) is 18.0 Å². The van der Waals surface area contributed by atoms with E-state index in [2.05, 4.69) is 20.6 Å². The van der Waals surface area contributed by atoms with E-state index in [0.717, 1.165) is 10.2 Å². The van der Waals surface area contributed by atoms with Crippen molar-refractivity contribution >= 4 is 60.7 Å². The monoisotopic (exact) mass is 486 g/mol. The number of carbonyl (C=O) groups excluding carboxylic acids is 2. The maximum absolute atomic E-state index is 12.7. The fourth-order valence-corrected chi connectivity index (χ4v) is 4.89. The Morgan fingerprint density at radius 3 is 2.34 bits per heavy atom. The quantitative estimate of drug-likeness (QED) is 0.371. The number of rotatable bonds is 5. The number of sulfonamides is 1. The van der Waals surface area contributed by atoms with Gasteiger partial charge in [-0.3, -0.25) is 25.2 Å². The summed E-state index contributed by atoms with van der Waals surface area (Å²) < 4.78 is 28.6. The van der Waals surface area contributed by atoms with Crippen LogP contribution in [0.2, 0.25) is 5.02 Å². The van der Waals surface area contributed by atoms with E-state index in [1.54, 1.807) is 41.9 Å². The highest BCUT2D eigenvalue weighted by molar-refractivity contribution is 7.92. The van der Waals surface area contributed by atoms with E-state index in [4.69, 9.17) is 11.6 Å². The molecule has 0 fully saturated rings. The van der Waals surface area contributed by atoms with Gasteiger partial charge in [-0.1, -0.05) is 29.8 Å². The second-order valence-electron chi connectivity index (χ2n) is 6.56. The minimum Gasteiger partial charge on any atom is -0.278 e. The van der Waals surface area contributed by atoms with E-state index in [1.165, 1.54) is 41.7 Å². The number of aromatic nitrogens is 1. The average Bonchev–Trinajstić information content (AvgIpc) is 3.26. The summed E-state index contributed by atoms with van der Waals surface area (Å²) >= 11 is 7.41. The molecule has 0 atom stereocenters. The summed E-state index contributed by atoms with van der Waals surface area (Å²) in [7, 11) is -3.99. The molecule has 0 aliphatic heterocycles. The van der Waals surface area contributed by atoms with E-state index >= 15 is 0 Å². The number of nitrogens with one attached hydrogen (secondary N) is 3. The Balaban J connectivity index is 1.45. The minimum atomic E-state index is -3.99. The first-order chi connectivity index (χ1) is 15.3. The van der Waals surface area contributed by atoms with E-state index in [0.29, 0.717) is 5.56 Å². The number of fused-ring (bicyclic) bond motifs is 1. The molecule has 0 aliphatic rings. The van der Waals surface area contributed by atoms with Crippen molar-refractivity contribution in [3.63, 3.8) is 0 Å². The van der Waals surface area contributed by atoms with Crippen LogP contribution in [0, 0.1) is 0 Å². The molecular formula is C21H15ClN4O4S2. The first-order valence-corrected chi connectivity index (χ1v) is 11.9. The van der Waals surface area contributed by atoms with Gasteiger partial charge in [-0.25, -0.2) is 13.4 Å². The summed E-state index contributed by atoms with van der Waals surface area (Å²) in [6.45, 7) is 0. The molecule has 162 valence electrons. The third-order valence-electron chi connectivity index (χ3n) is 4.41. The Labute approximate surface area is 192 Å². The number of thiazole rings is 1. The maximum Gasteiger partial charge on any atom is 0.269 e. The van der Waals surface area contributed by atoms with Gasteiger partial charge in [0.15, 0.2) is 0 Å². The van der Waals surface area contributed by atoms with Crippen LogP contribution in [0.25, 0.3) is 10.2 Å². The van der Waals surface area contributed by atoms with Crippen LogP contribution in [-0.2, 0) is 10.0 Å². The highest BCUT2D eigenvalue weighted by Crippen LogP contribution is 2.24. The smallest absolute Gasteiger partial charge is 0.269 e. The largest absolute Gasteiger partial charge is 0.278 e. The number of halogens is 1. The first kappa shape index (κ1) is 21.8. The Hall–Kier alpha value is -3.47. The summed E-state index contributed by atoms with van der Waals surface area (Å²) in [5.41, 5.74) is 7.68. The maximum atomic E-state index is 12.7. The van der Waals surface area contributed by atoms with E-state index < -0.39 is 21.8 Å². The zero-order valence-electron chi connectivity index (χ0n) is 16.2. The van der Waals surface area contributed by atoms with E-state index in [1.807, 2.05) is 0 Å². The van der Waals surface area contributed by atoms with Crippen molar-refractivity contribution in [2.75, 3.05) is 4.72 Å². The molecule has 11 heteroatoms. The highest BCUT2D eigenvalue weighted by Gasteiger charge is 2.18. The molecule has 1 heterocycles. The van der Waals surface area contributed by atoms with Crippen LogP contribution < -0.4 is 15.6 Å². The molecule has 0 aliphatic carbocycles. The minimum absolute atomic E-state index is 0.0465. The average molecular weight is 487 g/mol. The van der Waals surface area contributed by atoms with Gasteiger partial charge in [-0.05, 0) is 48.5 Å². The number of anilines is 1. The van der Waals surface area contributed by atoms with Gasteiger partial charge in [0, 0.05) is 11.1 Å². The lowest BCUT2D eigenvalue weighted by atomic mass is 10.2. The molecule has 32 heavy (non-hydrogen) atoms. The van der Waals surface area contributed by atoms with Crippen LogP contribution in [0.15, 0.2) is 77.1 Å². The number of nitrogens with zero attached hydrogens (tertiary/aromatic N) is 1. The standard InChI is InChI=1S/C21H15ClN4O4S2/c22-16-6-1-2-7-17(16)26-32(29,30)15-5-3-4-13(10-15)20(27)24-25-21(28)14-8-9-18-19(11-14)31-12-23-18/h1-12,26H,(H,24,27)(H,25,28). The number of hydrazine groups is 1.